The minimum atomic E-state index is -0.536. The van der Waals surface area contributed by atoms with Crippen molar-refractivity contribution in [3.63, 3.8) is 0 Å². The number of pyridine rings is 1. The quantitative estimate of drug-likeness (QED) is 0.566. The van der Waals surface area contributed by atoms with Crippen LogP contribution in [0.1, 0.15) is 22.0 Å². The maximum atomic E-state index is 14.3. The van der Waals surface area contributed by atoms with Crippen molar-refractivity contribution in [2.24, 2.45) is 7.05 Å². The number of amides is 1. The van der Waals surface area contributed by atoms with Gasteiger partial charge >= 0.3 is 0 Å². The topological polar surface area (TPSA) is 89.8 Å². The molecule has 2 saturated heterocycles. The molecule has 0 unspecified atom stereocenters. The molecule has 1 atom stereocenters. The fraction of sp³-hybridized carbons (Fsp3) is 0.360. The third-order valence-electron chi connectivity index (χ3n) is 6.34. The lowest BCUT2D eigenvalue weighted by Crippen LogP contribution is -2.42. The first-order valence-corrected chi connectivity index (χ1v) is 11.5. The van der Waals surface area contributed by atoms with E-state index in [2.05, 4.69) is 9.97 Å². The van der Waals surface area contributed by atoms with Gasteiger partial charge < -0.3 is 19.3 Å². The second kappa shape index (κ2) is 9.93. The lowest BCUT2D eigenvalue weighted by atomic mass is 10.0. The second-order valence-electron chi connectivity index (χ2n) is 8.53. The lowest BCUT2D eigenvalue weighted by molar-refractivity contribution is 0.0302. The first-order chi connectivity index (χ1) is 17.0. The molecule has 2 aliphatic rings. The summed E-state index contributed by atoms with van der Waals surface area (Å²) >= 11 is 0. The minimum Gasteiger partial charge on any atom is -0.378 e. The van der Waals surface area contributed by atoms with E-state index in [0.717, 1.165) is 11.8 Å². The maximum absolute atomic E-state index is 14.3. The van der Waals surface area contributed by atoms with E-state index >= 15 is 0 Å². The second-order valence-corrected chi connectivity index (χ2v) is 8.53. The average Bonchev–Trinajstić information content (AvgIpc) is 2.91. The van der Waals surface area contributed by atoms with Crippen LogP contribution in [0.4, 0.5) is 10.3 Å². The molecule has 35 heavy (non-hydrogen) atoms. The molecule has 0 bridgehead atoms. The van der Waals surface area contributed by atoms with E-state index in [1.165, 1.54) is 22.9 Å². The number of aromatic nitrogens is 3. The fourth-order valence-electron chi connectivity index (χ4n) is 4.35. The van der Waals surface area contributed by atoms with Crippen molar-refractivity contribution in [3.05, 3.63) is 76.1 Å². The van der Waals surface area contributed by atoms with Crippen LogP contribution < -0.4 is 10.5 Å². The first-order valence-electron chi connectivity index (χ1n) is 11.5. The summed E-state index contributed by atoms with van der Waals surface area (Å²) in [6.07, 6.45) is 2.30. The number of halogens is 1. The summed E-state index contributed by atoms with van der Waals surface area (Å²) in [5, 5.41) is 0. The predicted molar refractivity (Wildman–Crippen MR) is 127 cm³/mol. The number of hydrogen-bond acceptors (Lipinski definition) is 7. The van der Waals surface area contributed by atoms with Crippen LogP contribution in [0, 0.1) is 5.82 Å². The molecule has 3 aromatic rings. The highest BCUT2D eigenvalue weighted by molar-refractivity contribution is 5.94. The third kappa shape index (κ3) is 4.80. The Morgan fingerprint density at radius 3 is 2.60 bits per heavy atom. The van der Waals surface area contributed by atoms with Crippen molar-refractivity contribution in [2.75, 3.05) is 50.9 Å². The number of rotatable bonds is 4. The van der Waals surface area contributed by atoms with Crippen molar-refractivity contribution in [3.8, 4) is 11.3 Å². The standard InChI is InChI=1S/C25H26FN5O4/c1-29-23(32)14-21(19-6-7-27-15-20(19)26)28-25(29)31-10-13-35-22(16-31)17-2-4-18(5-3-17)24(33)30-8-11-34-12-9-30/h2-7,14-15,22H,8-13,16H2,1H3/t22-/m1/s1. The van der Waals surface area contributed by atoms with Gasteiger partial charge in [-0.1, -0.05) is 12.1 Å². The summed E-state index contributed by atoms with van der Waals surface area (Å²) in [6, 6.07) is 10.3. The summed E-state index contributed by atoms with van der Waals surface area (Å²) in [4.78, 5) is 37.5. The normalized spacial score (nSPS) is 18.5. The molecule has 5 rings (SSSR count). The zero-order chi connectivity index (χ0) is 24.4. The molecule has 1 amide bonds. The van der Waals surface area contributed by atoms with E-state index < -0.39 is 5.82 Å². The van der Waals surface area contributed by atoms with Gasteiger partial charge in [0.25, 0.3) is 11.5 Å². The van der Waals surface area contributed by atoms with E-state index in [1.54, 1.807) is 11.9 Å². The highest BCUT2D eigenvalue weighted by Gasteiger charge is 2.26. The van der Waals surface area contributed by atoms with Crippen LogP contribution in [0.15, 0.2) is 53.6 Å². The van der Waals surface area contributed by atoms with Gasteiger partial charge in [-0.15, -0.1) is 0 Å². The summed E-state index contributed by atoms with van der Waals surface area (Å²) in [5.74, 6) is -0.104. The summed E-state index contributed by atoms with van der Waals surface area (Å²) in [6.45, 7) is 3.72. The molecule has 2 aromatic heterocycles. The van der Waals surface area contributed by atoms with Crippen LogP contribution in [0.25, 0.3) is 11.3 Å². The summed E-state index contributed by atoms with van der Waals surface area (Å²) in [7, 11) is 1.65. The van der Waals surface area contributed by atoms with Crippen LogP contribution in [-0.2, 0) is 16.5 Å². The maximum Gasteiger partial charge on any atom is 0.255 e. The van der Waals surface area contributed by atoms with E-state index in [0.29, 0.717) is 57.5 Å². The van der Waals surface area contributed by atoms with Crippen molar-refractivity contribution in [2.45, 2.75) is 6.10 Å². The highest BCUT2D eigenvalue weighted by Crippen LogP contribution is 2.27. The number of carbonyl (C=O) groups excluding carboxylic acids is 1. The number of ether oxygens (including phenoxy) is 2. The number of benzene rings is 1. The van der Waals surface area contributed by atoms with Gasteiger partial charge in [-0.25, -0.2) is 9.37 Å². The van der Waals surface area contributed by atoms with Crippen LogP contribution in [0.5, 0.6) is 0 Å². The van der Waals surface area contributed by atoms with Gasteiger partial charge in [0.05, 0.1) is 38.3 Å². The van der Waals surface area contributed by atoms with Gasteiger partial charge in [0.2, 0.25) is 5.95 Å². The van der Waals surface area contributed by atoms with E-state index in [-0.39, 0.29) is 28.8 Å². The largest absolute Gasteiger partial charge is 0.378 e. The minimum absolute atomic E-state index is 0.00889. The van der Waals surface area contributed by atoms with Gasteiger partial charge in [0.15, 0.2) is 5.82 Å². The third-order valence-corrected chi connectivity index (χ3v) is 6.34. The Morgan fingerprint density at radius 1 is 1.09 bits per heavy atom. The molecule has 1 aromatic carbocycles. The Hall–Kier alpha value is -3.63. The number of anilines is 1. The molecule has 10 heteroatoms. The van der Waals surface area contributed by atoms with Crippen LogP contribution >= 0.6 is 0 Å². The smallest absolute Gasteiger partial charge is 0.255 e. The Bertz CT molecular complexity index is 1270. The van der Waals surface area contributed by atoms with E-state index in [1.807, 2.05) is 29.2 Å². The van der Waals surface area contributed by atoms with Gasteiger partial charge in [0, 0.05) is 50.1 Å². The molecule has 182 valence electrons. The Kier molecular flexibility index (Phi) is 6.56. The fourth-order valence-corrected chi connectivity index (χ4v) is 4.35. The first kappa shape index (κ1) is 23.1. The van der Waals surface area contributed by atoms with Crippen LogP contribution in [0.2, 0.25) is 0 Å². The highest BCUT2D eigenvalue weighted by atomic mass is 19.1. The van der Waals surface area contributed by atoms with Crippen molar-refractivity contribution in [1.82, 2.24) is 19.4 Å². The van der Waals surface area contributed by atoms with E-state index in [4.69, 9.17) is 9.47 Å². The number of hydrogen-bond donors (Lipinski definition) is 0. The van der Waals surface area contributed by atoms with Gasteiger partial charge in [-0.2, -0.15) is 0 Å². The molecule has 0 N–H and O–H groups in total. The SMILES string of the molecule is Cn1c(N2CCO[C@@H](c3ccc(C(=O)N4CCOCC4)cc3)C2)nc(-c2ccncc2F)cc1=O. The molecule has 9 nitrogen and oxygen atoms in total. The van der Waals surface area contributed by atoms with Gasteiger partial charge in [-0.05, 0) is 23.8 Å². The van der Waals surface area contributed by atoms with Gasteiger partial charge in [0.1, 0.15) is 6.10 Å². The van der Waals surface area contributed by atoms with Gasteiger partial charge in [-0.3, -0.25) is 19.1 Å². The zero-order valence-corrected chi connectivity index (χ0v) is 19.4. The molecule has 0 saturated carbocycles. The molecule has 0 radical (unpaired) electrons. The van der Waals surface area contributed by atoms with Crippen molar-refractivity contribution < 1.29 is 18.7 Å². The Balaban J connectivity index is 1.36. The lowest BCUT2D eigenvalue weighted by Gasteiger charge is -2.34. The molecule has 2 fully saturated rings. The number of nitrogens with zero attached hydrogens (tertiary/aromatic N) is 5. The molecular weight excluding hydrogens is 453 g/mol. The summed E-state index contributed by atoms with van der Waals surface area (Å²) in [5.41, 5.74) is 1.76. The molecule has 2 aliphatic heterocycles. The van der Waals surface area contributed by atoms with E-state index in [9.17, 15) is 14.0 Å². The molecule has 0 aliphatic carbocycles. The molecule has 0 spiro atoms. The van der Waals surface area contributed by atoms with Crippen molar-refractivity contribution in [1.29, 1.82) is 0 Å². The predicted octanol–water partition coefficient (Wildman–Crippen LogP) is 2.03. The number of carbonyl (C=O) groups is 1. The molecular formula is C25H26FN5O4. The average molecular weight is 480 g/mol. The van der Waals surface area contributed by atoms with Crippen LogP contribution in [-0.4, -0.2) is 71.3 Å². The monoisotopic (exact) mass is 479 g/mol. The zero-order valence-electron chi connectivity index (χ0n) is 19.4. The molecule has 4 heterocycles. The van der Waals surface area contributed by atoms with Crippen LogP contribution in [0.3, 0.4) is 0 Å². The number of morpholine rings is 2. The Labute approximate surface area is 201 Å². The summed E-state index contributed by atoms with van der Waals surface area (Å²) < 4.78 is 27.1. The Morgan fingerprint density at radius 2 is 1.86 bits per heavy atom. The van der Waals surface area contributed by atoms with Crippen molar-refractivity contribution >= 4 is 11.9 Å².